The van der Waals surface area contributed by atoms with Crippen molar-refractivity contribution in [1.29, 1.82) is 0 Å². The standard InChI is InChI=1S/C18H15N5O2/c1-11-17(18(24)25)20-21-23(11)14-8-9-16-15(10-14)19-12(2)22(16)13-6-4-3-5-7-13/h3-10H,1-2H3,(H,24,25). The third kappa shape index (κ3) is 2.37. The minimum absolute atomic E-state index is 0.0499. The predicted octanol–water partition coefficient (Wildman–Crippen LogP) is 2.92. The van der Waals surface area contributed by atoms with E-state index in [-0.39, 0.29) is 5.69 Å². The highest BCUT2D eigenvalue weighted by molar-refractivity contribution is 5.86. The van der Waals surface area contributed by atoms with Crippen LogP contribution in [0.25, 0.3) is 22.4 Å². The van der Waals surface area contributed by atoms with Crippen LogP contribution in [0.2, 0.25) is 0 Å². The van der Waals surface area contributed by atoms with Gasteiger partial charge in [0.1, 0.15) is 5.82 Å². The molecule has 0 fully saturated rings. The Balaban J connectivity index is 1.87. The van der Waals surface area contributed by atoms with E-state index in [0.717, 1.165) is 28.2 Å². The first-order valence-corrected chi connectivity index (χ1v) is 7.77. The molecule has 0 bridgehead atoms. The average Bonchev–Trinajstić information content (AvgIpc) is 3.14. The molecule has 0 aliphatic heterocycles. The topological polar surface area (TPSA) is 85.8 Å². The van der Waals surface area contributed by atoms with Gasteiger partial charge < -0.3 is 5.11 Å². The average molecular weight is 333 g/mol. The second kappa shape index (κ2) is 5.55. The summed E-state index contributed by atoms with van der Waals surface area (Å²) in [5, 5.41) is 16.8. The smallest absolute Gasteiger partial charge is 0.358 e. The highest BCUT2D eigenvalue weighted by Crippen LogP contribution is 2.24. The van der Waals surface area contributed by atoms with E-state index < -0.39 is 5.97 Å². The van der Waals surface area contributed by atoms with Crippen LogP contribution < -0.4 is 0 Å². The van der Waals surface area contributed by atoms with Crippen LogP contribution in [-0.2, 0) is 0 Å². The molecule has 0 atom stereocenters. The van der Waals surface area contributed by atoms with Crippen LogP contribution in [0.1, 0.15) is 22.0 Å². The number of para-hydroxylation sites is 1. The molecule has 2 heterocycles. The maximum Gasteiger partial charge on any atom is 0.358 e. The second-order valence-electron chi connectivity index (χ2n) is 5.74. The zero-order chi connectivity index (χ0) is 17.6. The molecule has 4 aromatic rings. The molecule has 25 heavy (non-hydrogen) atoms. The molecule has 0 aliphatic rings. The van der Waals surface area contributed by atoms with Crippen LogP contribution in [0.3, 0.4) is 0 Å². The first-order valence-electron chi connectivity index (χ1n) is 7.77. The Hall–Kier alpha value is -3.48. The molecule has 4 rings (SSSR count). The third-order valence-electron chi connectivity index (χ3n) is 4.16. The number of hydrogen-bond donors (Lipinski definition) is 1. The lowest BCUT2D eigenvalue weighted by Gasteiger charge is -2.07. The lowest BCUT2D eigenvalue weighted by molar-refractivity contribution is 0.0689. The lowest BCUT2D eigenvalue weighted by Crippen LogP contribution is -2.02. The molecule has 2 aromatic heterocycles. The Labute approximate surface area is 143 Å². The van der Waals surface area contributed by atoms with Gasteiger partial charge in [-0.3, -0.25) is 4.57 Å². The second-order valence-corrected chi connectivity index (χ2v) is 5.74. The molecule has 2 aromatic carbocycles. The molecule has 7 heteroatoms. The minimum atomic E-state index is -1.09. The largest absolute Gasteiger partial charge is 0.476 e. The number of carboxylic acid groups (broad SMARTS) is 1. The first kappa shape index (κ1) is 15.1. The molecule has 124 valence electrons. The summed E-state index contributed by atoms with van der Waals surface area (Å²) in [5.74, 6) is -0.214. The Morgan fingerprint density at radius 2 is 1.80 bits per heavy atom. The summed E-state index contributed by atoms with van der Waals surface area (Å²) in [7, 11) is 0. The van der Waals surface area contributed by atoms with Gasteiger partial charge in [-0.1, -0.05) is 23.4 Å². The molecule has 0 saturated carbocycles. The van der Waals surface area contributed by atoms with Crippen molar-refractivity contribution in [1.82, 2.24) is 24.5 Å². The molecule has 0 saturated heterocycles. The zero-order valence-corrected chi connectivity index (χ0v) is 13.7. The highest BCUT2D eigenvalue weighted by atomic mass is 16.4. The van der Waals surface area contributed by atoms with Gasteiger partial charge in [0, 0.05) is 5.69 Å². The first-order chi connectivity index (χ1) is 12.1. The zero-order valence-electron chi connectivity index (χ0n) is 13.7. The Morgan fingerprint density at radius 1 is 1.04 bits per heavy atom. The van der Waals surface area contributed by atoms with Gasteiger partial charge in [0.2, 0.25) is 0 Å². The van der Waals surface area contributed by atoms with Crippen molar-refractivity contribution in [3.05, 3.63) is 65.7 Å². The number of nitrogens with zero attached hydrogens (tertiary/aromatic N) is 5. The molecule has 7 nitrogen and oxygen atoms in total. The number of aromatic carboxylic acids is 1. The van der Waals surface area contributed by atoms with Gasteiger partial charge in [-0.05, 0) is 44.2 Å². The monoisotopic (exact) mass is 333 g/mol. The van der Waals surface area contributed by atoms with Gasteiger partial charge in [0.05, 0.1) is 22.4 Å². The molecule has 0 radical (unpaired) electrons. The lowest BCUT2D eigenvalue weighted by atomic mass is 10.2. The van der Waals surface area contributed by atoms with E-state index in [1.165, 1.54) is 4.68 Å². The van der Waals surface area contributed by atoms with Crippen LogP contribution in [0.15, 0.2) is 48.5 Å². The van der Waals surface area contributed by atoms with Gasteiger partial charge in [0.15, 0.2) is 5.69 Å². The molecule has 0 amide bonds. The van der Waals surface area contributed by atoms with Crippen molar-refractivity contribution >= 4 is 17.0 Å². The molecule has 1 N–H and O–H groups in total. The molecular formula is C18H15N5O2. The summed E-state index contributed by atoms with van der Waals surface area (Å²) in [6, 6.07) is 15.7. The van der Waals surface area contributed by atoms with Crippen LogP contribution in [0, 0.1) is 13.8 Å². The van der Waals surface area contributed by atoms with Crippen LogP contribution in [0.5, 0.6) is 0 Å². The predicted molar refractivity (Wildman–Crippen MR) is 92.4 cm³/mol. The highest BCUT2D eigenvalue weighted by Gasteiger charge is 2.17. The van der Waals surface area contributed by atoms with Gasteiger partial charge in [-0.25, -0.2) is 14.5 Å². The SMILES string of the molecule is Cc1c(C(=O)O)nnn1-c1ccc2c(c1)nc(C)n2-c1ccccc1. The quantitative estimate of drug-likeness (QED) is 0.623. The summed E-state index contributed by atoms with van der Waals surface area (Å²) in [6.07, 6.45) is 0. The summed E-state index contributed by atoms with van der Waals surface area (Å²) in [6.45, 7) is 3.64. The van der Waals surface area contributed by atoms with Crippen LogP contribution >= 0.6 is 0 Å². The number of benzene rings is 2. The van der Waals surface area contributed by atoms with E-state index in [1.807, 2.05) is 55.5 Å². The van der Waals surface area contributed by atoms with E-state index in [2.05, 4.69) is 19.9 Å². The summed E-state index contributed by atoms with van der Waals surface area (Å²) < 4.78 is 3.59. The normalized spacial score (nSPS) is 11.1. The van der Waals surface area contributed by atoms with Crippen molar-refractivity contribution in [3.63, 3.8) is 0 Å². The number of aromatic nitrogens is 5. The number of imidazole rings is 1. The molecule has 0 aliphatic carbocycles. The maximum absolute atomic E-state index is 11.2. The van der Waals surface area contributed by atoms with Crippen molar-refractivity contribution in [2.24, 2.45) is 0 Å². The number of carbonyl (C=O) groups is 1. The fourth-order valence-corrected chi connectivity index (χ4v) is 3.00. The third-order valence-corrected chi connectivity index (χ3v) is 4.16. The number of rotatable bonds is 3. The number of carboxylic acids is 1. The Kier molecular flexibility index (Phi) is 3.35. The van der Waals surface area contributed by atoms with E-state index >= 15 is 0 Å². The summed E-state index contributed by atoms with van der Waals surface area (Å²) in [5.41, 5.74) is 3.98. The van der Waals surface area contributed by atoms with Crippen molar-refractivity contribution in [2.75, 3.05) is 0 Å². The minimum Gasteiger partial charge on any atom is -0.476 e. The van der Waals surface area contributed by atoms with Crippen molar-refractivity contribution < 1.29 is 9.90 Å². The van der Waals surface area contributed by atoms with E-state index in [9.17, 15) is 4.79 Å². The number of aryl methyl sites for hydroxylation is 1. The van der Waals surface area contributed by atoms with E-state index in [0.29, 0.717) is 5.69 Å². The maximum atomic E-state index is 11.2. The van der Waals surface area contributed by atoms with Gasteiger partial charge >= 0.3 is 5.97 Å². The van der Waals surface area contributed by atoms with E-state index in [1.54, 1.807) is 6.92 Å². The molecular weight excluding hydrogens is 318 g/mol. The number of hydrogen-bond acceptors (Lipinski definition) is 4. The van der Waals surface area contributed by atoms with Crippen molar-refractivity contribution in [3.8, 4) is 11.4 Å². The molecule has 0 spiro atoms. The van der Waals surface area contributed by atoms with Gasteiger partial charge in [-0.2, -0.15) is 0 Å². The fourth-order valence-electron chi connectivity index (χ4n) is 3.00. The van der Waals surface area contributed by atoms with Crippen LogP contribution in [-0.4, -0.2) is 35.6 Å². The van der Waals surface area contributed by atoms with Gasteiger partial charge in [-0.15, -0.1) is 5.10 Å². The Bertz CT molecular complexity index is 1100. The Morgan fingerprint density at radius 3 is 2.48 bits per heavy atom. The fraction of sp³-hybridized carbons (Fsp3) is 0.111. The summed E-state index contributed by atoms with van der Waals surface area (Å²) in [4.78, 5) is 15.8. The van der Waals surface area contributed by atoms with Gasteiger partial charge in [0.25, 0.3) is 0 Å². The van der Waals surface area contributed by atoms with E-state index in [4.69, 9.17) is 5.11 Å². The molecule has 0 unspecified atom stereocenters. The summed E-state index contributed by atoms with van der Waals surface area (Å²) >= 11 is 0. The van der Waals surface area contributed by atoms with Crippen molar-refractivity contribution in [2.45, 2.75) is 13.8 Å². The van der Waals surface area contributed by atoms with Crippen LogP contribution in [0.4, 0.5) is 0 Å². The number of fused-ring (bicyclic) bond motifs is 1.